The Morgan fingerprint density at radius 1 is 0.889 bits per heavy atom. The molecular weight excluding hydrogens is 470 g/mol. The molecule has 0 fully saturated rings. The van der Waals surface area contributed by atoms with Crippen LogP contribution in [0.5, 0.6) is 0 Å². The van der Waals surface area contributed by atoms with Crippen molar-refractivity contribution in [3.8, 4) is 11.4 Å². The average molecular weight is 494 g/mol. The first-order chi connectivity index (χ1) is 17.7. The molecule has 10 heteroatoms. The zero-order valence-corrected chi connectivity index (χ0v) is 20.3. The number of aryl methyl sites for hydroxylation is 1. The van der Waals surface area contributed by atoms with Gasteiger partial charge in [0.05, 0.1) is 12.0 Å². The second kappa shape index (κ2) is 10.8. The van der Waals surface area contributed by atoms with Crippen LogP contribution >= 0.6 is 11.8 Å². The van der Waals surface area contributed by atoms with Gasteiger partial charge in [0, 0.05) is 11.3 Å². The Hall–Kier alpha value is -4.57. The molecule has 0 atom stereocenters. The molecule has 0 radical (unpaired) electrons. The molecule has 0 spiro atoms. The Balaban J connectivity index is 1.41. The minimum atomic E-state index is 0.144. The zero-order chi connectivity index (χ0) is 24.7. The molecule has 0 bridgehead atoms. The highest BCUT2D eigenvalue weighted by molar-refractivity contribution is 7.98. The van der Waals surface area contributed by atoms with Gasteiger partial charge in [-0.05, 0) is 24.1 Å². The van der Waals surface area contributed by atoms with Crippen molar-refractivity contribution in [1.29, 1.82) is 0 Å². The molecule has 0 aliphatic rings. The Labute approximate surface area is 212 Å². The van der Waals surface area contributed by atoms with Gasteiger partial charge in [-0.25, -0.2) is 0 Å². The molecule has 5 aromatic rings. The van der Waals surface area contributed by atoms with Crippen LogP contribution in [0.15, 0.2) is 95.2 Å². The molecule has 2 aromatic heterocycles. The summed E-state index contributed by atoms with van der Waals surface area (Å²) in [6, 6.07) is 27.6. The second-order valence-electron chi connectivity index (χ2n) is 7.80. The van der Waals surface area contributed by atoms with Crippen LogP contribution in [0.3, 0.4) is 0 Å². The van der Waals surface area contributed by atoms with E-state index in [1.165, 1.54) is 11.8 Å². The lowest BCUT2D eigenvalue weighted by Gasteiger charge is -2.09. The summed E-state index contributed by atoms with van der Waals surface area (Å²) < 4.78 is 1.73. The lowest BCUT2D eigenvalue weighted by molar-refractivity contribution is 0.771. The van der Waals surface area contributed by atoms with Crippen LogP contribution in [0.4, 0.5) is 17.6 Å². The van der Waals surface area contributed by atoms with Crippen molar-refractivity contribution in [2.75, 3.05) is 11.1 Å². The Bertz CT molecular complexity index is 1480. The Kier molecular flexibility index (Phi) is 6.95. The molecule has 36 heavy (non-hydrogen) atoms. The third-order valence-electron chi connectivity index (χ3n) is 5.19. The van der Waals surface area contributed by atoms with Crippen LogP contribution in [0.2, 0.25) is 0 Å². The summed E-state index contributed by atoms with van der Waals surface area (Å²) in [5.74, 6) is 2.10. The predicted octanol–water partition coefficient (Wildman–Crippen LogP) is 4.94. The number of nitrogens with one attached hydrogen (secondary N) is 1. The molecule has 0 aliphatic heterocycles. The molecule has 3 N–H and O–H groups in total. The van der Waals surface area contributed by atoms with E-state index in [2.05, 4.69) is 35.6 Å². The molecule has 5 rings (SSSR count). The molecule has 9 nitrogen and oxygen atoms in total. The number of nitrogens with two attached hydrogens (primary N) is 1. The standard InChI is InChI=1S/C26H23N9S/c1-18-10-8-9-15-21(18)29-25-31-22(30-24(27)32-25)17-36-26-34-33-23(20-13-6-3-7-14-20)35(26)28-16-19-11-4-2-5-12-19/h2-16H,17H2,1H3,(H3,27,29,30,31,32)/b28-16+. The number of para-hydroxylation sites is 1. The maximum Gasteiger partial charge on any atom is 0.232 e. The maximum absolute atomic E-state index is 5.97. The van der Waals surface area contributed by atoms with Gasteiger partial charge >= 0.3 is 0 Å². The molecule has 0 amide bonds. The van der Waals surface area contributed by atoms with Crippen LogP contribution in [0.25, 0.3) is 11.4 Å². The summed E-state index contributed by atoms with van der Waals surface area (Å²) >= 11 is 1.42. The van der Waals surface area contributed by atoms with E-state index < -0.39 is 0 Å². The number of nitrogens with zero attached hydrogens (tertiary/aromatic N) is 7. The van der Waals surface area contributed by atoms with Crippen molar-refractivity contribution >= 4 is 35.6 Å². The van der Waals surface area contributed by atoms with Crippen molar-refractivity contribution in [2.24, 2.45) is 5.10 Å². The monoisotopic (exact) mass is 493 g/mol. The molecular formula is C26H23N9S. The topological polar surface area (TPSA) is 120 Å². The molecule has 0 unspecified atom stereocenters. The van der Waals surface area contributed by atoms with E-state index in [4.69, 9.17) is 5.73 Å². The van der Waals surface area contributed by atoms with E-state index in [0.29, 0.717) is 28.5 Å². The maximum atomic E-state index is 5.97. The van der Waals surface area contributed by atoms with Crippen LogP contribution in [0, 0.1) is 6.92 Å². The van der Waals surface area contributed by atoms with Crippen LogP contribution in [0.1, 0.15) is 17.0 Å². The molecule has 2 heterocycles. The van der Waals surface area contributed by atoms with Crippen LogP contribution < -0.4 is 11.1 Å². The van der Waals surface area contributed by atoms with Gasteiger partial charge in [0.2, 0.25) is 17.1 Å². The fourth-order valence-corrected chi connectivity index (χ4v) is 4.15. The normalized spacial score (nSPS) is 11.1. The lowest BCUT2D eigenvalue weighted by Crippen LogP contribution is -2.07. The fourth-order valence-electron chi connectivity index (χ4n) is 3.41. The third-order valence-corrected chi connectivity index (χ3v) is 6.10. The van der Waals surface area contributed by atoms with Crippen LogP contribution in [-0.2, 0) is 5.75 Å². The van der Waals surface area contributed by atoms with Gasteiger partial charge in [-0.15, -0.1) is 10.2 Å². The van der Waals surface area contributed by atoms with Gasteiger partial charge < -0.3 is 11.1 Å². The van der Waals surface area contributed by atoms with Crippen molar-refractivity contribution in [3.63, 3.8) is 0 Å². The summed E-state index contributed by atoms with van der Waals surface area (Å²) in [5.41, 5.74) is 9.84. The molecule has 0 saturated carbocycles. The van der Waals surface area contributed by atoms with E-state index >= 15 is 0 Å². The fraction of sp³-hybridized carbons (Fsp3) is 0.0769. The Morgan fingerprint density at radius 3 is 2.39 bits per heavy atom. The van der Waals surface area contributed by atoms with Crippen molar-refractivity contribution in [1.82, 2.24) is 29.8 Å². The van der Waals surface area contributed by atoms with Gasteiger partial charge in [-0.1, -0.05) is 90.6 Å². The van der Waals surface area contributed by atoms with Gasteiger partial charge in [0.15, 0.2) is 5.82 Å². The summed E-state index contributed by atoms with van der Waals surface area (Å²) in [7, 11) is 0. The van der Waals surface area contributed by atoms with E-state index in [1.54, 1.807) is 10.9 Å². The number of aromatic nitrogens is 6. The van der Waals surface area contributed by atoms with E-state index in [9.17, 15) is 0 Å². The largest absolute Gasteiger partial charge is 0.368 e. The van der Waals surface area contributed by atoms with Crippen molar-refractivity contribution < 1.29 is 0 Å². The first-order valence-electron chi connectivity index (χ1n) is 11.2. The first-order valence-corrected chi connectivity index (χ1v) is 12.2. The highest BCUT2D eigenvalue weighted by Crippen LogP contribution is 2.26. The van der Waals surface area contributed by atoms with Gasteiger partial charge in [0.25, 0.3) is 0 Å². The minimum absolute atomic E-state index is 0.144. The smallest absolute Gasteiger partial charge is 0.232 e. The van der Waals surface area contributed by atoms with Crippen LogP contribution in [-0.4, -0.2) is 36.0 Å². The van der Waals surface area contributed by atoms with Crippen molar-refractivity contribution in [2.45, 2.75) is 17.8 Å². The number of nitrogen functional groups attached to an aromatic ring is 1. The predicted molar refractivity (Wildman–Crippen MR) is 143 cm³/mol. The third kappa shape index (κ3) is 5.56. The highest BCUT2D eigenvalue weighted by Gasteiger charge is 2.15. The summed E-state index contributed by atoms with van der Waals surface area (Å²) in [6.07, 6.45) is 1.78. The highest BCUT2D eigenvalue weighted by atomic mass is 32.2. The SMILES string of the molecule is Cc1ccccc1Nc1nc(N)nc(CSc2nnc(-c3ccccc3)n2/N=C/c2ccccc2)n1. The summed E-state index contributed by atoms with van der Waals surface area (Å²) in [5, 5.41) is 17.3. The zero-order valence-electron chi connectivity index (χ0n) is 19.5. The molecule has 3 aromatic carbocycles. The lowest BCUT2D eigenvalue weighted by atomic mass is 10.2. The van der Waals surface area contributed by atoms with Gasteiger partial charge in [-0.2, -0.15) is 24.7 Å². The quantitative estimate of drug-likeness (QED) is 0.230. The number of anilines is 3. The molecule has 178 valence electrons. The number of hydrogen-bond donors (Lipinski definition) is 2. The van der Waals surface area contributed by atoms with Crippen molar-refractivity contribution in [3.05, 3.63) is 102 Å². The molecule has 0 saturated heterocycles. The van der Waals surface area contributed by atoms with E-state index in [1.807, 2.05) is 91.9 Å². The molecule has 0 aliphatic carbocycles. The van der Waals surface area contributed by atoms with Gasteiger partial charge in [-0.3, -0.25) is 0 Å². The average Bonchev–Trinajstić information content (AvgIpc) is 3.31. The second-order valence-corrected chi connectivity index (χ2v) is 8.74. The van der Waals surface area contributed by atoms with Gasteiger partial charge in [0.1, 0.15) is 5.82 Å². The first kappa shape index (κ1) is 23.2. The number of benzene rings is 3. The minimum Gasteiger partial charge on any atom is -0.368 e. The summed E-state index contributed by atoms with van der Waals surface area (Å²) in [4.78, 5) is 13.1. The number of hydrogen-bond acceptors (Lipinski definition) is 9. The number of rotatable bonds is 8. The Morgan fingerprint density at radius 2 is 1.61 bits per heavy atom. The van der Waals surface area contributed by atoms with E-state index in [-0.39, 0.29) is 5.95 Å². The summed E-state index contributed by atoms with van der Waals surface area (Å²) in [6.45, 7) is 2.01. The number of thioether (sulfide) groups is 1. The van der Waals surface area contributed by atoms with E-state index in [0.717, 1.165) is 22.4 Å².